The highest BCUT2D eigenvalue weighted by molar-refractivity contribution is 5.68. The van der Waals surface area contributed by atoms with Gasteiger partial charge < -0.3 is 14.5 Å². The SMILES string of the molecule is CC(C)(C)OC(=O)N1CC[C@@H](CN2CCC[C@@H]2CN2CCCC2)C1. The van der Waals surface area contributed by atoms with E-state index in [1.54, 1.807) is 0 Å². The van der Waals surface area contributed by atoms with Gasteiger partial charge in [0.1, 0.15) is 5.60 Å². The van der Waals surface area contributed by atoms with Gasteiger partial charge in [0.25, 0.3) is 0 Å². The van der Waals surface area contributed by atoms with Crippen molar-refractivity contribution in [2.24, 2.45) is 5.92 Å². The molecule has 0 aromatic rings. The van der Waals surface area contributed by atoms with Crippen LogP contribution in [0.25, 0.3) is 0 Å². The van der Waals surface area contributed by atoms with Gasteiger partial charge in [-0.2, -0.15) is 0 Å². The summed E-state index contributed by atoms with van der Waals surface area (Å²) in [6.07, 6.45) is 6.41. The van der Waals surface area contributed by atoms with Crippen LogP contribution in [0, 0.1) is 5.92 Å². The van der Waals surface area contributed by atoms with Gasteiger partial charge in [-0.25, -0.2) is 4.79 Å². The molecule has 0 aromatic carbocycles. The Kier molecular flexibility index (Phi) is 5.70. The third-order valence-electron chi connectivity index (χ3n) is 5.60. The minimum absolute atomic E-state index is 0.139. The smallest absolute Gasteiger partial charge is 0.410 e. The molecule has 3 heterocycles. The fourth-order valence-electron chi connectivity index (χ4n) is 4.41. The molecule has 5 heteroatoms. The number of rotatable bonds is 4. The number of nitrogens with zero attached hydrogens (tertiary/aromatic N) is 3. The van der Waals surface area contributed by atoms with E-state index in [2.05, 4.69) is 9.80 Å². The molecule has 3 aliphatic heterocycles. The van der Waals surface area contributed by atoms with Gasteiger partial charge >= 0.3 is 6.09 Å². The maximum Gasteiger partial charge on any atom is 0.410 e. The second-order valence-corrected chi connectivity index (χ2v) is 8.88. The summed E-state index contributed by atoms with van der Waals surface area (Å²) < 4.78 is 5.52. The Morgan fingerprint density at radius 3 is 2.46 bits per heavy atom. The van der Waals surface area contributed by atoms with Crippen LogP contribution in [0.4, 0.5) is 4.79 Å². The molecular formula is C19H35N3O2. The van der Waals surface area contributed by atoms with Crippen LogP contribution in [0.2, 0.25) is 0 Å². The first-order chi connectivity index (χ1) is 11.4. The van der Waals surface area contributed by atoms with Crippen molar-refractivity contribution in [3.05, 3.63) is 0 Å². The zero-order chi connectivity index (χ0) is 17.2. The lowest BCUT2D eigenvalue weighted by molar-refractivity contribution is 0.0284. The lowest BCUT2D eigenvalue weighted by Crippen LogP contribution is -2.42. The number of hydrogen-bond acceptors (Lipinski definition) is 4. The van der Waals surface area contributed by atoms with E-state index in [-0.39, 0.29) is 6.09 Å². The van der Waals surface area contributed by atoms with Gasteiger partial charge in [0, 0.05) is 32.2 Å². The summed E-state index contributed by atoms with van der Waals surface area (Å²) >= 11 is 0. The predicted molar refractivity (Wildman–Crippen MR) is 96.2 cm³/mol. The number of hydrogen-bond donors (Lipinski definition) is 0. The van der Waals surface area contributed by atoms with E-state index >= 15 is 0 Å². The molecule has 3 rings (SSSR count). The third-order valence-corrected chi connectivity index (χ3v) is 5.60. The number of ether oxygens (including phenoxy) is 1. The topological polar surface area (TPSA) is 36.0 Å². The van der Waals surface area contributed by atoms with Gasteiger partial charge in [0.2, 0.25) is 0 Å². The number of carbonyl (C=O) groups is 1. The molecule has 0 aromatic heterocycles. The third kappa shape index (κ3) is 4.85. The summed E-state index contributed by atoms with van der Waals surface area (Å²) in [4.78, 5) is 19.5. The molecule has 0 radical (unpaired) electrons. The lowest BCUT2D eigenvalue weighted by atomic mass is 10.1. The molecule has 1 amide bonds. The van der Waals surface area contributed by atoms with Crippen LogP contribution in [-0.4, -0.2) is 78.2 Å². The average Bonchev–Trinajstić information content (AvgIpc) is 3.21. The summed E-state index contributed by atoms with van der Waals surface area (Å²) in [7, 11) is 0. The first-order valence-corrected chi connectivity index (χ1v) is 9.85. The number of likely N-dealkylation sites (tertiary alicyclic amines) is 3. The Hall–Kier alpha value is -0.810. The zero-order valence-corrected chi connectivity index (χ0v) is 15.8. The van der Waals surface area contributed by atoms with Crippen molar-refractivity contribution >= 4 is 6.09 Å². The molecule has 3 fully saturated rings. The molecule has 0 bridgehead atoms. The molecule has 0 saturated carbocycles. The van der Waals surface area contributed by atoms with Crippen LogP contribution >= 0.6 is 0 Å². The van der Waals surface area contributed by atoms with Crippen LogP contribution in [0.1, 0.15) is 52.9 Å². The van der Waals surface area contributed by atoms with Crippen molar-refractivity contribution in [1.82, 2.24) is 14.7 Å². The van der Waals surface area contributed by atoms with Crippen LogP contribution in [0.5, 0.6) is 0 Å². The standard InChI is InChI=1S/C19H35N3O2/c1-19(2,3)24-18(23)22-12-8-16(14-22)13-21-11-6-7-17(21)15-20-9-4-5-10-20/h16-17H,4-15H2,1-3H3/t16-,17+/m0/s1. The van der Waals surface area contributed by atoms with E-state index in [1.165, 1.54) is 51.9 Å². The van der Waals surface area contributed by atoms with Crippen LogP contribution < -0.4 is 0 Å². The minimum atomic E-state index is -0.398. The first-order valence-electron chi connectivity index (χ1n) is 9.85. The Morgan fingerprint density at radius 1 is 1.00 bits per heavy atom. The first kappa shape index (κ1) is 18.0. The molecule has 5 nitrogen and oxygen atoms in total. The second-order valence-electron chi connectivity index (χ2n) is 8.88. The summed E-state index contributed by atoms with van der Waals surface area (Å²) in [5, 5.41) is 0. The van der Waals surface area contributed by atoms with Crippen LogP contribution in [0.15, 0.2) is 0 Å². The van der Waals surface area contributed by atoms with Gasteiger partial charge in [-0.05, 0) is 78.4 Å². The second kappa shape index (κ2) is 7.61. The minimum Gasteiger partial charge on any atom is -0.444 e. The maximum atomic E-state index is 12.2. The number of carbonyl (C=O) groups excluding carboxylic acids is 1. The van der Waals surface area contributed by atoms with Gasteiger partial charge in [-0.15, -0.1) is 0 Å². The Labute approximate surface area is 147 Å². The zero-order valence-electron chi connectivity index (χ0n) is 15.8. The van der Waals surface area contributed by atoms with Gasteiger partial charge in [-0.3, -0.25) is 4.90 Å². The highest BCUT2D eigenvalue weighted by atomic mass is 16.6. The summed E-state index contributed by atoms with van der Waals surface area (Å²) in [6, 6.07) is 0.735. The van der Waals surface area contributed by atoms with Crippen molar-refractivity contribution in [2.75, 3.05) is 45.8 Å². The molecule has 3 saturated heterocycles. The molecule has 2 atom stereocenters. The molecule has 0 aliphatic carbocycles. The Bertz CT molecular complexity index is 429. The van der Waals surface area contributed by atoms with Gasteiger partial charge in [-0.1, -0.05) is 0 Å². The quantitative estimate of drug-likeness (QED) is 0.790. The van der Waals surface area contributed by atoms with Crippen LogP contribution in [-0.2, 0) is 4.74 Å². The highest BCUT2D eigenvalue weighted by Gasteiger charge is 2.34. The van der Waals surface area contributed by atoms with Crippen molar-refractivity contribution in [3.63, 3.8) is 0 Å². The summed E-state index contributed by atoms with van der Waals surface area (Å²) in [5.74, 6) is 0.608. The van der Waals surface area contributed by atoms with Gasteiger partial charge in [0.05, 0.1) is 0 Å². The van der Waals surface area contributed by atoms with Crippen LogP contribution in [0.3, 0.4) is 0 Å². The monoisotopic (exact) mass is 337 g/mol. The molecule has 3 aliphatic rings. The molecule has 138 valence electrons. The number of amides is 1. The summed E-state index contributed by atoms with van der Waals surface area (Å²) in [5.41, 5.74) is -0.398. The van der Waals surface area contributed by atoms with E-state index in [4.69, 9.17) is 4.74 Å². The normalized spacial score (nSPS) is 29.5. The molecule has 0 spiro atoms. The average molecular weight is 338 g/mol. The van der Waals surface area contributed by atoms with E-state index in [0.29, 0.717) is 5.92 Å². The molecular weight excluding hydrogens is 302 g/mol. The lowest BCUT2D eigenvalue weighted by Gasteiger charge is -2.30. The van der Waals surface area contributed by atoms with E-state index in [9.17, 15) is 4.79 Å². The van der Waals surface area contributed by atoms with Crippen molar-refractivity contribution in [2.45, 2.75) is 64.5 Å². The Morgan fingerprint density at radius 2 is 1.75 bits per heavy atom. The Balaban J connectivity index is 1.45. The fraction of sp³-hybridized carbons (Fsp3) is 0.947. The molecule has 0 unspecified atom stereocenters. The van der Waals surface area contributed by atoms with Crippen molar-refractivity contribution < 1.29 is 9.53 Å². The van der Waals surface area contributed by atoms with E-state index in [1.807, 2.05) is 25.7 Å². The fourth-order valence-corrected chi connectivity index (χ4v) is 4.41. The molecule has 0 N–H and O–H groups in total. The predicted octanol–water partition coefficient (Wildman–Crippen LogP) is 2.80. The van der Waals surface area contributed by atoms with Crippen molar-refractivity contribution in [3.8, 4) is 0 Å². The van der Waals surface area contributed by atoms with Gasteiger partial charge in [0.15, 0.2) is 0 Å². The van der Waals surface area contributed by atoms with E-state index in [0.717, 1.165) is 32.1 Å². The highest BCUT2D eigenvalue weighted by Crippen LogP contribution is 2.25. The van der Waals surface area contributed by atoms with Crippen molar-refractivity contribution in [1.29, 1.82) is 0 Å². The summed E-state index contributed by atoms with van der Waals surface area (Å²) in [6.45, 7) is 13.7. The van der Waals surface area contributed by atoms with E-state index < -0.39 is 5.60 Å². The molecule has 24 heavy (non-hydrogen) atoms. The largest absolute Gasteiger partial charge is 0.444 e. The maximum absolute atomic E-state index is 12.2.